The maximum Gasteiger partial charge on any atom is 0.243 e. The summed E-state index contributed by atoms with van der Waals surface area (Å²) in [5.41, 5.74) is 2.73. The van der Waals surface area contributed by atoms with Gasteiger partial charge < -0.3 is 10.6 Å². The minimum atomic E-state index is -3.55. The summed E-state index contributed by atoms with van der Waals surface area (Å²) in [6.07, 6.45) is 0. The lowest BCUT2D eigenvalue weighted by atomic mass is 10.2. The van der Waals surface area contributed by atoms with E-state index in [-0.39, 0.29) is 17.3 Å². The van der Waals surface area contributed by atoms with E-state index in [0.29, 0.717) is 22.0 Å². The molecule has 0 saturated carbocycles. The van der Waals surface area contributed by atoms with Crippen molar-refractivity contribution in [1.82, 2.24) is 4.31 Å². The summed E-state index contributed by atoms with van der Waals surface area (Å²) >= 11 is 5.95. The van der Waals surface area contributed by atoms with Crippen LogP contribution in [0, 0.1) is 13.8 Å². The number of hydrogen-bond acceptors (Lipinski definition) is 4. The van der Waals surface area contributed by atoms with Crippen LogP contribution in [0.2, 0.25) is 5.02 Å². The first kappa shape index (κ1) is 20.2. The van der Waals surface area contributed by atoms with Crippen LogP contribution in [0.15, 0.2) is 41.3 Å². The van der Waals surface area contributed by atoms with Crippen molar-refractivity contribution in [3.63, 3.8) is 0 Å². The summed E-state index contributed by atoms with van der Waals surface area (Å²) in [5, 5.41) is 6.27. The van der Waals surface area contributed by atoms with E-state index >= 15 is 0 Å². The van der Waals surface area contributed by atoms with E-state index in [9.17, 15) is 13.2 Å². The fourth-order valence-corrected chi connectivity index (χ4v) is 3.61. The van der Waals surface area contributed by atoms with Gasteiger partial charge in [0, 0.05) is 30.5 Å². The van der Waals surface area contributed by atoms with Crippen LogP contribution in [0.1, 0.15) is 11.1 Å². The van der Waals surface area contributed by atoms with Crippen molar-refractivity contribution in [2.45, 2.75) is 18.7 Å². The number of hydrogen-bond donors (Lipinski definition) is 2. The molecule has 0 aliphatic rings. The molecule has 2 aromatic rings. The Morgan fingerprint density at radius 3 is 2.38 bits per heavy atom. The van der Waals surface area contributed by atoms with Crippen LogP contribution in [0.3, 0.4) is 0 Å². The van der Waals surface area contributed by atoms with Crippen LogP contribution in [0.5, 0.6) is 0 Å². The van der Waals surface area contributed by atoms with E-state index in [1.807, 2.05) is 13.0 Å². The second-order valence-corrected chi connectivity index (χ2v) is 8.69. The highest BCUT2D eigenvalue weighted by atomic mass is 35.5. The Morgan fingerprint density at radius 1 is 1.08 bits per heavy atom. The molecular formula is C18H22ClN3O3S. The van der Waals surface area contributed by atoms with Crippen LogP contribution in [0.4, 0.5) is 11.4 Å². The van der Waals surface area contributed by atoms with E-state index < -0.39 is 10.0 Å². The zero-order chi connectivity index (χ0) is 19.5. The fraction of sp³-hybridized carbons (Fsp3) is 0.278. The maximum atomic E-state index is 12.4. The van der Waals surface area contributed by atoms with Gasteiger partial charge >= 0.3 is 0 Å². The first-order valence-corrected chi connectivity index (χ1v) is 9.76. The molecule has 0 aromatic heterocycles. The molecule has 0 spiro atoms. The topological polar surface area (TPSA) is 78.5 Å². The van der Waals surface area contributed by atoms with Crippen molar-refractivity contribution in [3.8, 4) is 0 Å². The third kappa shape index (κ3) is 4.75. The molecule has 8 heteroatoms. The number of nitrogens with one attached hydrogen (secondary N) is 2. The Kier molecular flexibility index (Phi) is 6.28. The monoisotopic (exact) mass is 395 g/mol. The Labute approximate surface area is 159 Å². The molecule has 2 rings (SSSR count). The predicted octanol–water partition coefficient (Wildman–Crippen LogP) is 3.26. The quantitative estimate of drug-likeness (QED) is 0.786. The number of halogens is 1. The van der Waals surface area contributed by atoms with E-state index in [1.54, 1.807) is 31.2 Å². The lowest BCUT2D eigenvalue weighted by Gasteiger charge is -2.15. The van der Waals surface area contributed by atoms with E-state index in [1.165, 1.54) is 20.2 Å². The van der Waals surface area contributed by atoms with Crippen molar-refractivity contribution >= 4 is 38.9 Å². The molecule has 0 radical (unpaired) electrons. The maximum absolute atomic E-state index is 12.4. The highest BCUT2D eigenvalue weighted by molar-refractivity contribution is 7.89. The van der Waals surface area contributed by atoms with Crippen molar-refractivity contribution in [1.29, 1.82) is 0 Å². The van der Waals surface area contributed by atoms with E-state index in [0.717, 1.165) is 9.87 Å². The van der Waals surface area contributed by atoms with Gasteiger partial charge in [-0.05, 0) is 49.2 Å². The van der Waals surface area contributed by atoms with E-state index in [4.69, 9.17) is 11.6 Å². The molecule has 0 atom stereocenters. The van der Waals surface area contributed by atoms with Gasteiger partial charge in [-0.2, -0.15) is 0 Å². The number of sulfonamides is 1. The highest BCUT2D eigenvalue weighted by Crippen LogP contribution is 2.23. The summed E-state index contributed by atoms with van der Waals surface area (Å²) in [5.74, 6) is -0.257. The molecule has 0 unspecified atom stereocenters. The van der Waals surface area contributed by atoms with Crippen LogP contribution in [0.25, 0.3) is 0 Å². The number of carbonyl (C=O) groups excluding carboxylic acids is 1. The minimum Gasteiger partial charge on any atom is -0.376 e. The zero-order valence-electron chi connectivity index (χ0n) is 15.1. The molecule has 6 nitrogen and oxygen atoms in total. The molecule has 0 aliphatic carbocycles. The molecule has 2 N–H and O–H groups in total. The highest BCUT2D eigenvalue weighted by Gasteiger charge is 2.20. The number of rotatable bonds is 6. The molecule has 1 amide bonds. The van der Waals surface area contributed by atoms with Gasteiger partial charge in [0.25, 0.3) is 0 Å². The lowest BCUT2D eigenvalue weighted by molar-refractivity contribution is -0.114. The normalized spacial score (nSPS) is 11.5. The largest absolute Gasteiger partial charge is 0.376 e. The van der Waals surface area contributed by atoms with Crippen LogP contribution >= 0.6 is 11.6 Å². The second-order valence-electron chi connectivity index (χ2n) is 6.13. The van der Waals surface area contributed by atoms with Gasteiger partial charge in [-0.25, -0.2) is 12.7 Å². The summed E-state index contributed by atoms with van der Waals surface area (Å²) < 4.78 is 25.9. The number of nitrogens with zero attached hydrogens (tertiary/aromatic N) is 1. The molecule has 0 saturated heterocycles. The van der Waals surface area contributed by atoms with Gasteiger partial charge in [0.05, 0.1) is 11.4 Å². The van der Waals surface area contributed by atoms with Gasteiger partial charge in [-0.1, -0.05) is 23.7 Å². The molecule has 26 heavy (non-hydrogen) atoms. The van der Waals surface area contributed by atoms with Crippen molar-refractivity contribution in [2.24, 2.45) is 0 Å². The third-order valence-corrected chi connectivity index (χ3v) is 6.07. The Hall–Kier alpha value is -2.09. The standard InChI is InChI=1S/C18H22ClN3O3S/c1-12-5-7-14(19)9-16(12)21-18(23)11-20-15-8-6-13(2)17(10-15)26(24,25)22(3)4/h5-10,20H,11H2,1-4H3,(H,21,23). The van der Waals surface area contributed by atoms with Crippen molar-refractivity contribution in [2.75, 3.05) is 31.3 Å². The summed E-state index contributed by atoms with van der Waals surface area (Å²) in [4.78, 5) is 12.4. The average Bonchev–Trinajstić information content (AvgIpc) is 2.57. The number of benzene rings is 2. The number of aryl methyl sites for hydroxylation is 2. The number of carbonyl (C=O) groups is 1. The van der Waals surface area contributed by atoms with E-state index in [2.05, 4.69) is 10.6 Å². The Bertz CT molecular complexity index is 927. The van der Waals surface area contributed by atoms with Gasteiger partial charge in [0.2, 0.25) is 15.9 Å². The summed E-state index contributed by atoms with van der Waals surface area (Å²) in [6.45, 7) is 3.60. The molecule has 0 fully saturated rings. The van der Waals surface area contributed by atoms with Crippen LogP contribution in [-0.2, 0) is 14.8 Å². The van der Waals surface area contributed by atoms with Gasteiger partial charge in [0.15, 0.2) is 0 Å². The first-order valence-electron chi connectivity index (χ1n) is 7.94. The van der Waals surface area contributed by atoms with Crippen molar-refractivity contribution < 1.29 is 13.2 Å². The SMILES string of the molecule is Cc1ccc(Cl)cc1NC(=O)CNc1ccc(C)c(S(=O)(=O)N(C)C)c1. The lowest BCUT2D eigenvalue weighted by Crippen LogP contribution is -2.24. The summed E-state index contributed by atoms with van der Waals surface area (Å²) in [6, 6.07) is 10.2. The summed E-state index contributed by atoms with van der Waals surface area (Å²) in [7, 11) is -0.586. The fourth-order valence-electron chi connectivity index (χ4n) is 2.29. The predicted molar refractivity (Wildman–Crippen MR) is 105 cm³/mol. The Balaban J connectivity index is 2.10. The number of anilines is 2. The first-order chi connectivity index (χ1) is 12.1. The molecule has 0 bridgehead atoms. The molecule has 2 aromatic carbocycles. The van der Waals surface area contributed by atoms with Crippen LogP contribution < -0.4 is 10.6 Å². The molecule has 0 aliphatic heterocycles. The van der Waals surface area contributed by atoms with Crippen molar-refractivity contribution in [3.05, 3.63) is 52.5 Å². The molecule has 140 valence electrons. The Morgan fingerprint density at radius 2 is 1.73 bits per heavy atom. The molecule has 0 heterocycles. The smallest absolute Gasteiger partial charge is 0.243 e. The number of amides is 1. The zero-order valence-corrected chi connectivity index (χ0v) is 16.7. The average molecular weight is 396 g/mol. The third-order valence-electron chi connectivity index (χ3n) is 3.87. The second kappa shape index (κ2) is 8.07. The molecular weight excluding hydrogens is 374 g/mol. The van der Waals surface area contributed by atoms with Gasteiger partial charge in [-0.3, -0.25) is 4.79 Å². The van der Waals surface area contributed by atoms with Gasteiger partial charge in [0.1, 0.15) is 0 Å². The van der Waals surface area contributed by atoms with Crippen LogP contribution in [-0.4, -0.2) is 39.3 Å². The minimum absolute atomic E-state index is 0.00351. The van der Waals surface area contributed by atoms with Gasteiger partial charge in [-0.15, -0.1) is 0 Å².